The third kappa shape index (κ3) is 2.90. The first-order valence-electron chi connectivity index (χ1n) is 8.69. The van der Waals surface area contributed by atoms with Crippen LogP contribution in [0, 0.1) is 0 Å². The lowest BCUT2D eigenvalue weighted by molar-refractivity contribution is -0.128. The molecule has 0 radical (unpaired) electrons. The van der Waals surface area contributed by atoms with Gasteiger partial charge in [-0.05, 0) is 31.4 Å². The molecule has 23 heavy (non-hydrogen) atoms. The molecule has 4 heteroatoms. The predicted octanol–water partition coefficient (Wildman–Crippen LogP) is 3.36. The van der Waals surface area contributed by atoms with E-state index >= 15 is 0 Å². The summed E-state index contributed by atoms with van der Waals surface area (Å²) in [5.74, 6) is 0.303. The zero-order valence-corrected chi connectivity index (χ0v) is 13.6. The van der Waals surface area contributed by atoms with Crippen molar-refractivity contribution < 1.29 is 4.79 Å². The van der Waals surface area contributed by atoms with Crippen molar-refractivity contribution in [3.05, 3.63) is 36.0 Å². The average Bonchev–Trinajstić information content (AvgIpc) is 3.32. The zero-order chi connectivity index (χ0) is 15.8. The summed E-state index contributed by atoms with van der Waals surface area (Å²) in [5.41, 5.74) is 3.27. The number of aryl methyl sites for hydroxylation is 1. The maximum Gasteiger partial charge on any atom is 0.225 e. The summed E-state index contributed by atoms with van der Waals surface area (Å²) in [4.78, 5) is 19.0. The molecule has 1 unspecified atom stereocenters. The highest BCUT2D eigenvalue weighted by Crippen LogP contribution is 2.32. The number of amides is 1. The van der Waals surface area contributed by atoms with Gasteiger partial charge in [0.15, 0.2) is 0 Å². The minimum Gasteiger partial charge on any atom is -0.379 e. The maximum absolute atomic E-state index is 12.2. The van der Waals surface area contributed by atoms with Crippen LogP contribution in [0.5, 0.6) is 0 Å². The van der Waals surface area contributed by atoms with Gasteiger partial charge in [0, 0.05) is 35.8 Å². The van der Waals surface area contributed by atoms with Crippen LogP contribution < -0.4 is 5.32 Å². The van der Waals surface area contributed by atoms with Gasteiger partial charge in [-0.25, -0.2) is 0 Å². The third-order valence-electron chi connectivity index (χ3n) is 4.78. The molecular formula is C19H23N3O. The number of nitrogens with zero attached hydrogens (tertiary/aromatic N) is 2. The van der Waals surface area contributed by atoms with Crippen LogP contribution >= 0.6 is 0 Å². The minimum atomic E-state index is 0.211. The van der Waals surface area contributed by atoms with Crippen molar-refractivity contribution in [3.8, 4) is 0 Å². The number of fused-ring (bicyclic) bond motifs is 1. The maximum atomic E-state index is 12.2. The van der Waals surface area contributed by atoms with E-state index in [1.165, 1.54) is 12.8 Å². The highest BCUT2D eigenvalue weighted by Gasteiger charge is 2.39. The van der Waals surface area contributed by atoms with Crippen molar-refractivity contribution >= 4 is 22.5 Å². The summed E-state index contributed by atoms with van der Waals surface area (Å²) < 4.78 is 0. The van der Waals surface area contributed by atoms with Gasteiger partial charge in [-0.2, -0.15) is 0 Å². The van der Waals surface area contributed by atoms with Crippen molar-refractivity contribution in [1.29, 1.82) is 0 Å². The molecule has 1 N–H and O–H groups in total. The van der Waals surface area contributed by atoms with Crippen LogP contribution in [-0.4, -0.2) is 34.4 Å². The third-order valence-corrected chi connectivity index (χ3v) is 4.78. The Labute approximate surface area is 136 Å². The molecule has 1 saturated carbocycles. The molecule has 2 aromatic rings. The molecule has 2 heterocycles. The van der Waals surface area contributed by atoms with Gasteiger partial charge in [0.25, 0.3) is 0 Å². The normalized spacial score (nSPS) is 21.2. The van der Waals surface area contributed by atoms with Gasteiger partial charge in [0.1, 0.15) is 0 Å². The Bertz CT molecular complexity index is 738. The fraction of sp³-hybridized carbons (Fsp3) is 0.474. The number of benzene rings is 1. The molecule has 1 aromatic carbocycles. The van der Waals surface area contributed by atoms with Gasteiger partial charge >= 0.3 is 0 Å². The van der Waals surface area contributed by atoms with Crippen molar-refractivity contribution in [2.24, 2.45) is 0 Å². The summed E-state index contributed by atoms with van der Waals surface area (Å²) in [6.45, 7) is 3.01. The Balaban J connectivity index is 1.61. The fourth-order valence-electron chi connectivity index (χ4n) is 3.52. The highest BCUT2D eigenvalue weighted by atomic mass is 16.2. The van der Waals surface area contributed by atoms with E-state index in [0.29, 0.717) is 18.4 Å². The first-order chi connectivity index (χ1) is 11.2. The summed E-state index contributed by atoms with van der Waals surface area (Å²) in [6, 6.07) is 11.1. The van der Waals surface area contributed by atoms with Crippen LogP contribution in [0.15, 0.2) is 30.3 Å². The van der Waals surface area contributed by atoms with Gasteiger partial charge in [-0.15, -0.1) is 0 Å². The molecule has 1 amide bonds. The zero-order valence-electron chi connectivity index (χ0n) is 13.6. The van der Waals surface area contributed by atoms with E-state index in [0.717, 1.165) is 41.7 Å². The molecule has 2 fully saturated rings. The van der Waals surface area contributed by atoms with Crippen molar-refractivity contribution in [2.45, 2.75) is 51.1 Å². The molecule has 0 spiro atoms. The Morgan fingerprint density at radius 1 is 1.30 bits per heavy atom. The Morgan fingerprint density at radius 3 is 2.91 bits per heavy atom. The number of aromatic nitrogens is 1. The molecule has 1 atom stereocenters. The molecule has 2 aliphatic rings. The summed E-state index contributed by atoms with van der Waals surface area (Å²) in [7, 11) is 0. The van der Waals surface area contributed by atoms with Crippen LogP contribution in [-0.2, 0) is 11.2 Å². The number of hydrogen-bond donors (Lipinski definition) is 1. The molecule has 120 valence electrons. The second-order valence-corrected chi connectivity index (χ2v) is 6.75. The van der Waals surface area contributed by atoms with E-state index in [9.17, 15) is 4.79 Å². The van der Waals surface area contributed by atoms with Crippen LogP contribution in [0.2, 0.25) is 0 Å². The van der Waals surface area contributed by atoms with Crippen molar-refractivity contribution in [3.63, 3.8) is 0 Å². The minimum absolute atomic E-state index is 0.211. The predicted molar refractivity (Wildman–Crippen MR) is 92.5 cm³/mol. The number of likely N-dealkylation sites (tertiary alicyclic amines) is 1. The fourth-order valence-corrected chi connectivity index (χ4v) is 3.52. The molecule has 1 aliphatic carbocycles. The lowest BCUT2D eigenvalue weighted by Crippen LogP contribution is -2.29. The first kappa shape index (κ1) is 14.5. The lowest BCUT2D eigenvalue weighted by Gasteiger charge is -2.18. The Morgan fingerprint density at radius 2 is 2.13 bits per heavy atom. The molecule has 4 rings (SSSR count). The topological polar surface area (TPSA) is 45.2 Å². The van der Waals surface area contributed by atoms with Crippen LogP contribution in [0.1, 0.15) is 38.3 Å². The van der Waals surface area contributed by atoms with Gasteiger partial charge in [-0.3, -0.25) is 9.78 Å². The monoisotopic (exact) mass is 309 g/mol. The second kappa shape index (κ2) is 5.84. The van der Waals surface area contributed by atoms with Crippen molar-refractivity contribution in [1.82, 2.24) is 9.88 Å². The molecule has 0 bridgehead atoms. The van der Waals surface area contributed by atoms with Crippen LogP contribution in [0.3, 0.4) is 0 Å². The van der Waals surface area contributed by atoms with Gasteiger partial charge in [-0.1, -0.05) is 31.5 Å². The molecule has 1 aromatic heterocycles. The van der Waals surface area contributed by atoms with Crippen LogP contribution in [0.25, 0.3) is 10.9 Å². The average molecular weight is 309 g/mol. The molecule has 4 nitrogen and oxygen atoms in total. The smallest absolute Gasteiger partial charge is 0.225 e. The number of carbonyl (C=O) groups is 1. The number of carbonyl (C=O) groups excluding carboxylic acids is 1. The quantitative estimate of drug-likeness (QED) is 0.921. The lowest BCUT2D eigenvalue weighted by atomic mass is 10.1. The van der Waals surface area contributed by atoms with E-state index in [1.807, 2.05) is 12.1 Å². The first-order valence-corrected chi connectivity index (χ1v) is 8.69. The van der Waals surface area contributed by atoms with Gasteiger partial charge in [0.05, 0.1) is 11.6 Å². The second-order valence-electron chi connectivity index (χ2n) is 6.75. The number of nitrogens with one attached hydrogen (secondary N) is 1. The Hall–Kier alpha value is -2.10. The van der Waals surface area contributed by atoms with Crippen LogP contribution in [0.4, 0.5) is 5.69 Å². The van der Waals surface area contributed by atoms with E-state index in [1.54, 1.807) is 0 Å². The Kier molecular flexibility index (Phi) is 3.68. The molecule has 1 saturated heterocycles. The molecular weight excluding hydrogens is 286 g/mol. The summed E-state index contributed by atoms with van der Waals surface area (Å²) in [5, 5.41) is 4.77. The number of rotatable bonds is 5. The van der Waals surface area contributed by atoms with Crippen molar-refractivity contribution in [2.75, 3.05) is 11.9 Å². The summed E-state index contributed by atoms with van der Waals surface area (Å²) in [6.07, 6.45) is 5.03. The SMILES string of the molecule is CCCc1cc(NC2CC(=O)N(C3CC3)C2)c2ccccc2n1. The van der Waals surface area contributed by atoms with E-state index in [2.05, 4.69) is 35.3 Å². The number of hydrogen-bond acceptors (Lipinski definition) is 3. The summed E-state index contributed by atoms with van der Waals surface area (Å²) >= 11 is 0. The number of pyridine rings is 1. The number of anilines is 1. The standard InChI is InChI=1S/C19H23N3O/c1-2-5-13-10-18(16-6-3-4-7-17(16)20-13)21-14-11-19(23)22(12-14)15-8-9-15/h3-4,6-7,10,14-15H,2,5,8-9,11-12H2,1H3,(H,20,21). The van der Waals surface area contributed by atoms with E-state index in [-0.39, 0.29) is 6.04 Å². The van der Waals surface area contributed by atoms with E-state index < -0.39 is 0 Å². The van der Waals surface area contributed by atoms with Gasteiger partial charge < -0.3 is 10.2 Å². The largest absolute Gasteiger partial charge is 0.379 e. The van der Waals surface area contributed by atoms with E-state index in [4.69, 9.17) is 4.98 Å². The molecule has 1 aliphatic heterocycles. The van der Waals surface area contributed by atoms with Gasteiger partial charge in [0.2, 0.25) is 5.91 Å². The number of para-hydroxylation sites is 1. The highest BCUT2D eigenvalue weighted by molar-refractivity contribution is 5.92.